The minimum absolute atomic E-state index is 0.107. The summed E-state index contributed by atoms with van der Waals surface area (Å²) < 4.78 is 0. The van der Waals surface area contributed by atoms with E-state index in [9.17, 15) is 20.4 Å². The van der Waals surface area contributed by atoms with E-state index in [1.807, 2.05) is 97.1 Å². The number of hydrogen-bond acceptors (Lipinski definition) is 4. The molecule has 4 N–H and O–H groups in total. The third-order valence-electron chi connectivity index (χ3n) is 10.3. The lowest BCUT2D eigenvalue weighted by Gasteiger charge is -2.26. The topological polar surface area (TPSA) is 80.9 Å². The van der Waals surface area contributed by atoms with Crippen molar-refractivity contribution in [1.82, 2.24) is 0 Å². The summed E-state index contributed by atoms with van der Waals surface area (Å²) in [5.41, 5.74) is 10.1. The molecule has 0 bridgehead atoms. The molecule has 0 heterocycles. The smallest absolute Gasteiger partial charge is 0.123 e. The summed E-state index contributed by atoms with van der Waals surface area (Å²) in [4.78, 5) is 0. The van der Waals surface area contributed by atoms with E-state index in [2.05, 4.69) is 79.7 Å². The summed E-state index contributed by atoms with van der Waals surface area (Å²) in [6.07, 6.45) is 1.88. The first-order chi connectivity index (χ1) is 25.6. The van der Waals surface area contributed by atoms with Crippen molar-refractivity contribution in [1.29, 1.82) is 0 Å². The van der Waals surface area contributed by atoms with E-state index in [-0.39, 0.29) is 34.2 Å². The van der Waals surface area contributed by atoms with Crippen LogP contribution in [0.3, 0.4) is 0 Å². The van der Waals surface area contributed by atoms with E-state index in [0.29, 0.717) is 11.5 Å². The molecule has 0 spiro atoms. The maximum atomic E-state index is 10.4. The van der Waals surface area contributed by atoms with Gasteiger partial charge in [0.2, 0.25) is 0 Å². The molecule has 54 heavy (non-hydrogen) atoms. The Kier molecular flexibility index (Phi) is 12.3. The molecule has 0 aromatic heterocycles. The number of rotatable bonds is 8. The van der Waals surface area contributed by atoms with E-state index < -0.39 is 0 Å². The lowest BCUT2D eigenvalue weighted by atomic mass is 9.79. The Balaban J connectivity index is 0.000000210. The van der Waals surface area contributed by atoms with Crippen LogP contribution in [0, 0.1) is 0 Å². The number of hydrogen-bond donors (Lipinski definition) is 4. The van der Waals surface area contributed by atoms with Crippen molar-refractivity contribution in [3.63, 3.8) is 0 Å². The minimum atomic E-state index is -0.107. The fourth-order valence-electron chi connectivity index (χ4n) is 7.31. The number of aromatic hydroxyl groups is 4. The Hall–Kier alpha value is -5.48. The van der Waals surface area contributed by atoms with Crippen LogP contribution in [0.25, 0.3) is 22.3 Å². The molecule has 0 aliphatic rings. The molecule has 0 aliphatic heterocycles. The third kappa shape index (κ3) is 9.17. The van der Waals surface area contributed by atoms with Gasteiger partial charge in [-0.2, -0.15) is 0 Å². The van der Waals surface area contributed by atoms with Crippen LogP contribution in [-0.4, -0.2) is 20.4 Å². The van der Waals surface area contributed by atoms with Crippen molar-refractivity contribution in [3.05, 3.63) is 167 Å². The molecule has 0 amide bonds. The fraction of sp³-hybridized carbons (Fsp3) is 0.280. The van der Waals surface area contributed by atoms with Crippen molar-refractivity contribution in [2.45, 2.75) is 90.9 Å². The molecule has 0 aliphatic carbocycles. The number of phenolic OH excluding ortho intramolecular Hbond substituents is 4. The average molecular weight is 721 g/mol. The van der Waals surface area contributed by atoms with Crippen LogP contribution in [0.5, 0.6) is 23.0 Å². The highest BCUT2D eigenvalue weighted by molar-refractivity contribution is 5.73. The Morgan fingerprint density at radius 3 is 0.981 bits per heavy atom. The van der Waals surface area contributed by atoms with Crippen LogP contribution in [0.2, 0.25) is 0 Å². The first-order valence-corrected chi connectivity index (χ1v) is 19.1. The normalized spacial score (nSPS) is 11.7. The summed E-state index contributed by atoms with van der Waals surface area (Å²) in [5, 5.41) is 41.3. The molecule has 6 aromatic rings. The monoisotopic (exact) mass is 720 g/mol. The summed E-state index contributed by atoms with van der Waals surface area (Å²) in [5.74, 6) is 1.68. The van der Waals surface area contributed by atoms with Gasteiger partial charge in [-0.1, -0.05) is 152 Å². The van der Waals surface area contributed by atoms with E-state index in [0.717, 1.165) is 57.3 Å². The number of phenols is 4. The largest absolute Gasteiger partial charge is 0.508 e. The van der Waals surface area contributed by atoms with Gasteiger partial charge in [0.1, 0.15) is 23.0 Å². The van der Waals surface area contributed by atoms with Gasteiger partial charge in [0.15, 0.2) is 0 Å². The van der Waals surface area contributed by atoms with Gasteiger partial charge < -0.3 is 20.4 Å². The van der Waals surface area contributed by atoms with Gasteiger partial charge in [-0.05, 0) is 105 Å². The molecule has 0 radical (unpaired) electrons. The second-order valence-corrected chi connectivity index (χ2v) is 16.3. The SMILES string of the molecule is CCC(c1ccc(O)c(-c2ccccc2)c1)c1ccc(O)c(-c2ccccc2)c1.CCC(c1ccc(O)c(C(C)(C)C)c1)c1ccc(O)c(C(C)(C)C)c1. The first kappa shape index (κ1) is 39.7. The summed E-state index contributed by atoms with van der Waals surface area (Å²) in [6, 6.07) is 43.5. The lowest BCUT2D eigenvalue weighted by Crippen LogP contribution is -2.14. The average Bonchev–Trinajstić information content (AvgIpc) is 3.15. The van der Waals surface area contributed by atoms with Gasteiger partial charge in [0, 0.05) is 23.0 Å². The molecule has 0 atom stereocenters. The van der Waals surface area contributed by atoms with Crippen LogP contribution in [0.4, 0.5) is 0 Å². The highest BCUT2D eigenvalue weighted by Crippen LogP contribution is 2.40. The van der Waals surface area contributed by atoms with E-state index in [1.54, 1.807) is 12.1 Å². The Morgan fingerprint density at radius 1 is 0.389 bits per heavy atom. The van der Waals surface area contributed by atoms with E-state index >= 15 is 0 Å². The van der Waals surface area contributed by atoms with Crippen molar-refractivity contribution in [2.75, 3.05) is 0 Å². The highest BCUT2D eigenvalue weighted by atomic mass is 16.3. The fourth-order valence-corrected chi connectivity index (χ4v) is 7.31. The molecule has 4 nitrogen and oxygen atoms in total. The van der Waals surface area contributed by atoms with Crippen LogP contribution >= 0.6 is 0 Å². The first-order valence-electron chi connectivity index (χ1n) is 19.1. The predicted molar refractivity (Wildman–Crippen MR) is 225 cm³/mol. The zero-order valence-corrected chi connectivity index (χ0v) is 33.1. The second kappa shape index (κ2) is 16.7. The quantitative estimate of drug-likeness (QED) is 0.126. The van der Waals surface area contributed by atoms with Gasteiger partial charge in [0.25, 0.3) is 0 Å². The molecule has 6 aromatic carbocycles. The summed E-state index contributed by atoms with van der Waals surface area (Å²) in [7, 11) is 0. The van der Waals surface area contributed by atoms with Crippen molar-refractivity contribution in [2.24, 2.45) is 0 Å². The molecular formula is C50H56O4. The summed E-state index contributed by atoms with van der Waals surface area (Å²) in [6.45, 7) is 17.0. The van der Waals surface area contributed by atoms with Crippen molar-refractivity contribution < 1.29 is 20.4 Å². The lowest BCUT2D eigenvalue weighted by molar-refractivity contribution is 0.445. The maximum absolute atomic E-state index is 10.4. The molecular weight excluding hydrogens is 665 g/mol. The number of benzene rings is 6. The van der Waals surface area contributed by atoms with Gasteiger partial charge >= 0.3 is 0 Å². The maximum Gasteiger partial charge on any atom is 0.123 e. The second-order valence-electron chi connectivity index (χ2n) is 16.3. The third-order valence-corrected chi connectivity index (χ3v) is 10.3. The molecule has 280 valence electrons. The standard InChI is InChI=1S/C27H24O2.C23H32O2/c1-2-23(21-13-15-26(28)24(17-21)19-9-5-3-6-10-19)22-14-16-27(29)25(18-22)20-11-7-4-8-12-20;1-8-17(15-9-11-20(24)18(13-15)22(2,3)4)16-10-12-21(25)19(14-16)23(5,6)7/h3-18,23,28-29H,2H2,1H3;9-14,17,24-25H,8H2,1-7H3. The molecule has 0 fully saturated rings. The summed E-state index contributed by atoms with van der Waals surface area (Å²) >= 11 is 0. The Bertz CT molecular complexity index is 2000. The predicted octanol–water partition coefficient (Wildman–Crippen LogP) is 13.2. The molecule has 4 heteroatoms. The highest BCUT2D eigenvalue weighted by Gasteiger charge is 2.24. The molecule has 6 rings (SSSR count). The van der Waals surface area contributed by atoms with Gasteiger partial charge in [-0.15, -0.1) is 0 Å². The minimum Gasteiger partial charge on any atom is -0.508 e. The molecule has 0 saturated carbocycles. The van der Waals surface area contributed by atoms with E-state index in [1.165, 1.54) is 11.1 Å². The van der Waals surface area contributed by atoms with Gasteiger partial charge in [-0.25, -0.2) is 0 Å². The van der Waals surface area contributed by atoms with E-state index in [4.69, 9.17) is 0 Å². The zero-order chi connectivity index (χ0) is 39.2. The van der Waals surface area contributed by atoms with Crippen LogP contribution < -0.4 is 0 Å². The Labute approximate surface area is 322 Å². The van der Waals surface area contributed by atoms with Crippen molar-refractivity contribution in [3.8, 4) is 45.3 Å². The van der Waals surface area contributed by atoms with Gasteiger partial charge in [-0.3, -0.25) is 0 Å². The van der Waals surface area contributed by atoms with Crippen LogP contribution in [0.1, 0.15) is 113 Å². The van der Waals surface area contributed by atoms with Crippen molar-refractivity contribution >= 4 is 0 Å². The van der Waals surface area contributed by atoms with Crippen LogP contribution in [0.15, 0.2) is 133 Å². The Morgan fingerprint density at radius 2 is 0.685 bits per heavy atom. The zero-order valence-electron chi connectivity index (χ0n) is 33.1. The van der Waals surface area contributed by atoms with Crippen LogP contribution in [-0.2, 0) is 10.8 Å². The molecule has 0 saturated heterocycles. The molecule has 0 unspecified atom stereocenters. The van der Waals surface area contributed by atoms with Gasteiger partial charge in [0.05, 0.1) is 0 Å².